The van der Waals surface area contributed by atoms with E-state index in [1.807, 2.05) is 23.9 Å². The average Bonchev–Trinajstić information content (AvgIpc) is 2.38. The van der Waals surface area contributed by atoms with Crippen LogP contribution in [0.1, 0.15) is 18.9 Å². The van der Waals surface area contributed by atoms with Crippen molar-refractivity contribution in [2.45, 2.75) is 25.1 Å². The molecule has 1 unspecified atom stereocenters. The molecule has 0 bridgehead atoms. The highest BCUT2D eigenvalue weighted by Crippen LogP contribution is 2.16. The van der Waals surface area contributed by atoms with Gasteiger partial charge in [0, 0.05) is 29.7 Å². The number of hydrogen-bond donors (Lipinski definition) is 1. The van der Waals surface area contributed by atoms with Gasteiger partial charge in [-0.15, -0.1) is 0 Å². The third-order valence-electron chi connectivity index (χ3n) is 2.55. The molecule has 1 aromatic carbocycles. The van der Waals surface area contributed by atoms with E-state index in [1.54, 1.807) is 7.11 Å². The van der Waals surface area contributed by atoms with Gasteiger partial charge in [-0.05, 0) is 30.7 Å². The average molecular weight is 288 g/mol. The van der Waals surface area contributed by atoms with Crippen LogP contribution in [0.3, 0.4) is 0 Å². The van der Waals surface area contributed by atoms with E-state index in [0.29, 0.717) is 6.04 Å². The minimum atomic E-state index is 0.437. The predicted octanol–water partition coefficient (Wildman–Crippen LogP) is 3.59. The lowest BCUT2D eigenvalue weighted by molar-refractivity contribution is 0.174. The number of benzene rings is 1. The van der Waals surface area contributed by atoms with E-state index in [4.69, 9.17) is 16.3 Å². The van der Waals surface area contributed by atoms with Gasteiger partial charge >= 0.3 is 0 Å². The fraction of sp³-hybridized carbons (Fsp3) is 0.571. The molecule has 1 N–H and O–H groups in total. The monoisotopic (exact) mass is 287 g/mol. The SMILES string of the molecule is CCCNC(COC)CSCc1ccc(Cl)cc1. The number of ether oxygens (including phenoxy) is 1. The molecule has 1 rings (SSSR count). The van der Waals surface area contributed by atoms with Crippen LogP contribution in [0.15, 0.2) is 24.3 Å². The Bertz CT molecular complexity index is 318. The van der Waals surface area contributed by atoms with Gasteiger partial charge in [-0.2, -0.15) is 11.8 Å². The molecule has 2 nitrogen and oxygen atoms in total. The van der Waals surface area contributed by atoms with Crippen molar-refractivity contribution >= 4 is 23.4 Å². The topological polar surface area (TPSA) is 21.3 Å². The van der Waals surface area contributed by atoms with Gasteiger partial charge in [0.2, 0.25) is 0 Å². The number of thioether (sulfide) groups is 1. The van der Waals surface area contributed by atoms with Crippen LogP contribution < -0.4 is 5.32 Å². The summed E-state index contributed by atoms with van der Waals surface area (Å²) in [6.07, 6.45) is 1.15. The Kier molecular flexibility index (Phi) is 8.51. The van der Waals surface area contributed by atoms with Gasteiger partial charge < -0.3 is 10.1 Å². The van der Waals surface area contributed by atoms with Gasteiger partial charge in [0.25, 0.3) is 0 Å². The van der Waals surface area contributed by atoms with E-state index in [1.165, 1.54) is 5.56 Å². The molecule has 0 saturated heterocycles. The highest BCUT2D eigenvalue weighted by atomic mass is 35.5. The van der Waals surface area contributed by atoms with Crippen LogP contribution in [-0.2, 0) is 10.5 Å². The van der Waals surface area contributed by atoms with Crippen molar-refractivity contribution < 1.29 is 4.74 Å². The Morgan fingerprint density at radius 3 is 2.67 bits per heavy atom. The number of halogens is 1. The van der Waals surface area contributed by atoms with Crippen molar-refractivity contribution in [3.8, 4) is 0 Å². The Balaban J connectivity index is 2.26. The van der Waals surface area contributed by atoms with Gasteiger partial charge in [0.15, 0.2) is 0 Å². The summed E-state index contributed by atoms with van der Waals surface area (Å²) >= 11 is 7.79. The molecule has 1 aromatic rings. The molecule has 0 fully saturated rings. The molecule has 0 aliphatic carbocycles. The molecular weight excluding hydrogens is 266 g/mol. The van der Waals surface area contributed by atoms with Crippen molar-refractivity contribution in [1.29, 1.82) is 0 Å². The molecular formula is C14H22ClNOS. The quantitative estimate of drug-likeness (QED) is 0.750. The largest absolute Gasteiger partial charge is 0.383 e. The zero-order valence-electron chi connectivity index (χ0n) is 11.1. The van der Waals surface area contributed by atoms with Gasteiger partial charge in [-0.1, -0.05) is 30.7 Å². The van der Waals surface area contributed by atoms with Crippen LogP contribution in [0.2, 0.25) is 5.02 Å². The Morgan fingerprint density at radius 2 is 2.06 bits per heavy atom. The Hall–Kier alpha value is -0.220. The van der Waals surface area contributed by atoms with E-state index in [0.717, 1.165) is 36.1 Å². The predicted molar refractivity (Wildman–Crippen MR) is 81.6 cm³/mol. The number of hydrogen-bond acceptors (Lipinski definition) is 3. The normalized spacial score (nSPS) is 12.6. The minimum Gasteiger partial charge on any atom is -0.383 e. The Labute approximate surface area is 119 Å². The van der Waals surface area contributed by atoms with Crippen molar-refractivity contribution in [3.63, 3.8) is 0 Å². The summed E-state index contributed by atoms with van der Waals surface area (Å²) in [7, 11) is 1.75. The fourth-order valence-electron chi connectivity index (χ4n) is 1.62. The zero-order valence-corrected chi connectivity index (χ0v) is 12.7. The Morgan fingerprint density at radius 1 is 1.33 bits per heavy atom. The molecule has 0 aliphatic heterocycles. The number of methoxy groups -OCH3 is 1. The first-order chi connectivity index (χ1) is 8.76. The second-order valence-corrected chi connectivity index (χ2v) is 5.71. The molecule has 0 amide bonds. The summed E-state index contributed by atoms with van der Waals surface area (Å²) in [5.74, 6) is 2.08. The summed E-state index contributed by atoms with van der Waals surface area (Å²) in [4.78, 5) is 0. The van der Waals surface area contributed by atoms with Crippen LogP contribution >= 0.6 is 23.4 Å². The maximum absolute atomic E-state index is 5.86. The third-order valence-corrected chi connectivity index (χ3v) is 3.98. The fourth-order valence-corrected chi connectivity index (χ4v) is 2.79. The smallest absolute Gasteiger partial charge is 0.0623 e. The van der Waals surface area contributed by atoms with E-state index >= 15 is 0 Å². The van der Waals surface area contributed by atoms with Gasteiger partial charge in [0.05, 0.1) is 6.61 Å². The lowest BCUT2D eigenvalue weighted by Crippen LogP contribution is -2.35. The van der Waals surface area contributed by atoms with Gasteiger partial charge in [-0.3, -0.25) is 0 Å². The second-order valence-electron chi connectivity index (χ2n) is 4.25. The summed E-state index contributed by atoms with van der Waals surface area (Å²) < 4.78 is 5.23. The van der Waals surface area contributed by atoms with Crippen molar-refractivity contribution in [2.75, 3.05) is 26.0 Å². The third kappa shape index (κ3) is 6.64. The molecule has 0 aromatic heterocycles. The molecule has 0 spiro atoms. The first-order valence-corrected chi connectivity index (χ1v) is 7.84. The molecule has 4 heteroatoms. The van der Waals surface area contributed by atoms with Crippen LogP contribution in [0.4, 0.5) is 0 Å². The number of nitrogens with one attached hydrogen (secondary N) is 1. The zero-order chi connectivity index (χ0) is 13.2. The van der Waals surface area contributed by atoms with Crippen LogP contribution in [0.25, 0.3) is 0 Å². The summed E-state index contributed by atoms with van der Waals surface area (Å²) in [5.41, 5.74) is 1.32. The van der Waals surface area contributed by atoms with Crippen molar-refractivity contribution in [1.82, 2.24) is 5.32 Å². The van der Waals surface area contributed by atoms with E-state index < -0.39 is 0 Å². The molecule has 0 heterocycles. The summed E-state index contributed by atoms with van der Waals surface area (Å²) in [5, 5.41) is 4.30. The first-order valence-electron chi connectivity index (χ1n) is 6.30. The lowest BCUT2D eigenvalue weighted by Gasteiger charge is -2.17. The molecule has 1 atom stereocenters. The first kappa shape index (κ1) is 15.8. The number of rotatable bonds is 9. The highest BCUT2D eigenvalue weighted by Gasteiger charge is 2.07. The van der Waals surface area contributed by atoms with Gasteiger partial charge in [-0.25, -0.2) is 0 Å². The van der Waals surface area contributed by atoms with E-state index in [-0.39, 0.29) is 0 Å². The highest BCUT2D eigenvalue weighted by molar-refractivity contribution is 7.98. The molecule has 0 saturated carbocycles. The van der Waals surface area contributed by atoms with Crippen molar-refractivity contribution in [2.24, 2.45) is 0 Å². The maximum atomic E-state index is 5.86. The van der Waals surface area contributed by atoms with Crippen LogP contribution in [0, 0.1) is 0 Å². The standard InChI is InChI=1S/C14H22ClNOS/c1-3-8-16-14(9-17-2)11-18-10-12-4-6-13(15)7-5-12/h4-7,14,16H,3,8-11H2,1-2H3. The maximum Gasteiger partial charge on any atom is 0.0623 e. The van der Waals surface area contributed by atoms with Crippen LogP contribution in [-0.4, -0.2) is 32.1 Å². The van der Waals surface area contributed by atoms with Crippen LogP contribution in [0.5, 0.6) is 0 Å². The van der Waals surface area contributed by atoms with Crippen molar-refractivity contribution in [3.05, 3.63) is 34.9 Å². The minimum absolute atomic E-state index is 0.437. The molecule has 0 radical (unpaired) electrons. The van der Waals surface area contributed by atoms with E-state index in [9.17, 15) is 0 Å². The molecule has 18 heavy (non-hydrogen) atoms. The second kappa shape index (κ2) is 9.68. The molecule has 0 aliphatic rings. The van der Waals surface area contributed by atoms with E-state index in [2.05, 4.69) is 24.4 Å². The lowest BCUT2D eigenvalue weighted by atomic mass is 10.2. The summed E-state index contributed by atoms with van der Waals surface area (Å²) in [6.45, 7) is 4.00. The molecule has 102 valence electrons. The summed E-state index contributed by atoms with van der Waals surface area (Å²) in [6, 6.07) is 8.49. The van der Waals surface area contributed by atoms with Gasteiger partial charge in [0.1, 0.15) is 0 Å².